The summed E-state index contributed by atoms with van der Waals surface area (Å²) in [6, 6.07) is 0. The summed E-state index contributed by atoms with van der Waals surface area (Å²) >= 11 is 0. The van der Waals surface area contributed by atoms with E-state index in [9.17, 15) is 14.4 Å². The molecular weight excluding hydrogens is 300 g/mol. The average Bonchev–Trinajstić information content (AvgIpc) is 2.53. The minimum absolute atomic E-state index is 0.0597. The van der Waals surface area contributed by atoms with Gasteiger partial charge in [0.2, 0.25) is 5.76 Å². The Bertz CT molecular complexity index is 400. The average molecular weight is 328 g/mol. The fourth-order valence-electron chi connectivity index (χ4n) is 1.86. The Labute approximate surface area is 138 Å². The highest BCUT2D eigenvalue weighted by Crippen LogP contribution is 2.10. The highest BCUT2D eigenvalue weighted by atomic mass is 16.6. The summed E-state index contributed by atoms with van der Waals surface area (Å²) in [5.74, 6) is -3.34. The summed E-state index contributed by atoms with van der Waals surface area (Å²) in [6.45, 7) is 5.60. The molecular formula is C17H28O6. The molecule has 0 fully saturated rings. The van der Waals surface area contributed by atoms with E-state index < -0.39 is 17.9 Å². The normalized spacial score (nSPS) is 11.0. The Hall–Kier alpha value is -1.85. The first-order chi connectivity index (χ1) is 11.1. The Morgan fingerprint density at radius 1 is 0.739 bits per heavy atom. The van der Waals surface area contributed by atoms with Crippen molar-refractivity contribution < 1.29 is 28.6 Å². The molecule has 0 aliphatic rings. The van der Waals surface area contributed by atoms with Crippen molar-refractivity contribution >= 4 is 17.9 Å². The van der Waals surface area contributed by atoms with Crippen molar-refractivity contribution in [1.82, 2.24) is 0 Å². The zero-order chi connectivity index (χ0) is 17.5. The van der Waals surface area contributed by atoms with Gasteiger partial charge in [0.1, 0.15) is 0 Å². The molecule has 0 unspecified atom stereocenters. The highest BCUT2D eigenvalue weighted by molar-refractivity contribution is 6.30. The monoisotopic (exact) mass is 328 g/mol. The van der Waals surface area contributed by atoms with Gasteiger partial charge >= 0.3 is 17.9 Å². The van der Waals surface area contributed by atoms with E-state index in [1.807, 2.05) is 0 Å². The summed E-state index contributed by atoms with van der Waals surface area (Å²) in [7, 11) is 0. The van der Waals surface area contributed by atoms with Crippen molar-refractivity contribution in [3.63, 3.8) is 0 Å². The van der Waals surface area contributed by atoms with E-state index in [0.717, 1.165) is 19.3 Å². The second-order valence-corrected chi connectivity index (χ2v) is 4.96. The molecule has 6 nitrogen and oxygen atoms in total. The van der Waals surface area contributed by atoms with Crippen LogP contribution in [0.4, 0.5) is 0 Å². The van der Waals surface area contributed by atoms with E-state index in [0.29, 0.717) is 6.42 Å². The Balaban J connectivity index is 4.44. The maximum absolute atomic E-state index is 11.7. The molecule has 0 radical (unpaired) electrons. The van der Waals surface area contributed by atoms with Crippen molar-refractivity contribution in [2.24, 2.45) is 0 Å². The minimum atomic E-state index is -1.21. The Morgan fingerprint density at radius 3 is 1.91 bits per heavy atom. The first kappa shape index (κ1) is 21.1. The fourth-order valence-corrected chi connectivity index (χ4v) is 1.86. The topological polar surface area (TPSA) is 78.9 Å². The summed E-state index contributed by atoms with van der Waals surface area (Å²) < 4.78 is 14.1. The largest absolute Gasteiger partial charge is 0.460 e. The fraction of sp³-hybridized carbons (Fsp3) is 0.706. The Kier molecular flexibility index (Phi) is 12.7. The second kappa shape index (κ2) is 13.8. The van der Waals surface area contributed by atoms with Gasteiger partial charge in [-0.05, 0) is 32.8 Å². The number of carbonyl (C=O) groups excluding carboxylic acids is 3. The van der Waals surface area contributed by atoms with E-state index >= 15 is 0 Å². The molecule has 0 atom stereocenters. The number of rotatable bonds is 11. The van der Waals surface area contributed by atoms with E-state index in [-0.39, 0.29) is 19.0 Å². The van der Waals surface area contributed by atoms with Crippen molar-refractivity contribution in [1.29, 1.82) is 0 Å². The number of hydrogen-bond acceptors (Lipinski definition) is 6. The van der Waals surface area contributed by atoms with Crippen molar-refractivity contribution in [3.8, 4) is 0 Å². The molecule has 0 N–H and O–H groups in total. The quantitative estimate of drug-likeness (QED) is 0.145. The van der Waals surface area contributed by atoms with Gasteiger partial charge in [0.25, 0.3) is 0 Å². The molecule has 0 aromatic heterocycles. The van der Waals surface area contributed by atoms with Crippen molar-refractivity contribution in [2.75, 3.05) is 13.2 Å². The van der Waals surface area contributed by atoms with Crippen LogP contribution in [0, 0.1) is 0 Å². The maximum atomic E-state index is 11.7. The third-order valence-electron chi connectivity index (χ3n) is 3.01. The van der Waals surface area contributed by atoms with Crippen molar-refractivity contribution in [3.05, 3.63) is 11.8 Å². The molecule has 0 amide bonds. The van der Waals surface area contributed by atoms with Crippen LogP contribution >= 0.6 is 0 Å². The van der Waals surface area contributed by atoms with Crippen LogP contribution in [-0.4, -0.2) is 31.1 Å². The molecule has 0 aliphatic heterocycles. The number of esters is 3. The number of unbranched alkanes of at least 4 members (excludes halogenated alkanes) is 6. The molecule has 0 aliphatic carbocycles. The summed E-state index contributed by atoms with van der Waals surface area (Å²) in [5.41, 5.74) is 0. The predicted octanol–water partition coefficient (Wildman–Crippen LogP) is 3.29. The lowest BCUT2D eigenvalue weighted by molar-refractivity contribution is -0.167. The van der Waals surface area contributed by atoms with Gasteiger partial charge in [-0.25, -0.2) is 14.4 Å². The van der Waals surface area contributed by atoms with E-state index in [2.05, 4.69) is 11.7 Å². The zero-order valence-electron chi connectivity index (χ0n) is 14.4. The van der Waals surface area contributed by atoms with Gasteiger partial charge in [-0.15, -0.1) is 0 Å². The van der Waals surface area contributed by atoms with Crippen molar-refractivity contribution in [2.45, 2.75) is 65.7 Å². The molecule has 0 heterocycles. The third kappa shape index (κ3) is 10.5. The van der Waals surface area contributed by atoms with E-state index in [1.165, 1.54) is 25.3 Å². The van der Waals surface area contributed by atoms with Gasteiger partial charge in [-0.3, -0.25) is 0 Å². The van der Waals surface area contributed by atoms with E-state index in [4.69, 9.17) is 9.47 Å². The molecule has 23 heavy (non-hydrogen) atoms. The van der Waals surface area contributed by atoms with Crippen LogP contribution in [0.25, 0.3) is 0 Å². The van der Waals surface area contributed by atoms with Gasteiger partial charge in [0, 0.05) is 0 Å². The van der Waals surface area contributed by atoms with Crippen LogP contribution in [0.15, 0.2) is 11.8 Å². The molecule has 0 saturated carbocycles. The lowest BCUT2D eigenvalue weighted by Crippen LogP contribution is -2.23. The maximum Gasteiger partial charge on any atom is 0.423 e. The summed E-state index contributed by atoms with van der Waals surface area (Å²) in [6.07, 6.45) is 8.74. The molecule has 0 aromatic rings. The zero-order valence-corrected chi connectivity index (χ0v) is 14.4. The van der Waals surface area contributed by atoms with Gasteiger partial charge in [-0.1, -0.05) is 39.0 Å². The van der Waals surface area contributed by atoms with Crippen LogP contribution in [0.1, 0.15) is 65.7 Å². The Morgan fingerprint density at radius 2 is 1.30 bits per heavy atom. The smallest absolute Gasteiger partial charge is 0.423 e. The molecule has 0 aromatic carbocycles. The van der Waals surface area contributed by atoms with Gasteiger partial charge in [0.05, 0.1) is 13.2 Å². The lowest BCUT2D eigenvalue weighted by Gasteiger charge is -2.07. The number of carbonyl (C=O) groups is 3. The molecule has 132 valence electrons. The van der Waals surface area contributed by atoms with Gasteiger partial charge in [-0.2, -0.15) is 0 Å². The predicted molar refractivity (Wildman–Crippen MR) is 85.4 cm³/mol. The molecule has 0 bridgehead atoms. The first-order valence-electron chi connectivity index (χ1n) is 8.32. The number of ether oxygens (including phenoxy) is 3. The lowest BCUT2D eigenvalue weighted by atomic mass is 10.1. The highest BCUT2D eigenvalue weighted by Gasteiger charge is 2.23. The molecule has 6 heteroatoms. The first-order valence-corrected chi connectivity index (χ1v) is 8.32. The number of allylic oxidation sites excluding steroid dienone is 1. The SMILES string of the molecule is CCCCCCCC/C=C(\OC(=O)C(=O)OCC)C(=O)OCC. The second-order valence-electron chi connectivity index (χ2n) is 4.96. The summed E-state index contributed by atoms with van der Waals surface area (Å²) in [4.78, 5) is 34.5. The molecule has 0 spiro atoms. The van der Waals surface area contributed by atoms with E-state index in [1.54, 1.807) is 13.8 Å². The third-order valence-corrected chi connectivity index (χ3v) is 3.01. The molecule has 0 rings (SSSR count). The summed E-state index contributed by atoms with van der Waals surface area (Å²) in [5, 5.41) is 0. The number of hydrogen-bond donors (Lipinski definition) is 0. The van der Waals surface area contributed by atoms with Gasteiger partial charge < -0.3 is 14.2 Å². The van der Waals surface area contributed by atoms with Crippen LogP contribution < -0.4 is 0 Å². The van der Waals surface area contributed by atoms with Crippen LogP contribution in [0.3, 0.4) is 0 Å². The van der Waals surface area contributed by atoms with Crippen LogP contribution in [-0.2, 0) is 28.6 Å². The molecule has 0 saturated heterocycles. The standard InChI is InChI=1S/C17H28O6/c1-4-7-8-9-10-11-12-13-14(15(18)21-5-2)23-17(20)16(19)22-6-3/h13H,4-12H2,1-3H3/b14-13-. The van der Waals surface area contributed by atoms with Crippen LogP contribution in [0.2, 0.25) is 0 Å². The minimum Gasteiger partial charge on any atom is -0.460 e. The van der Waals surface area contributed by atoms with Gasteiger partial charge in [0.15, 0.2) is 0 Å². The van der Waals surface area contributed by atoms with Crippen LogP contribution in [0.5, 0.6) is 0 Å².